The first-order valence-corrected chi connectivity index (χ1v) is 6.99. The molecule has 6 heteroatoms. The molecular formula is C15H20N2O4. The number of phenols is 1. The van der Waals surface area contributed by atoms with Crippen molar-refractivity contribution >= 4 is 11.9 Å². The van der Waals surface area contributed by atoms with Crippen LogP contribution in [-0.4, -0.2) is 41.2 Å². The fraction of sp³-hybridized carbons (Fsp3) is 0.467. The molecule has 21 heavy (non-hydrogen) atoms. The second kappa shape index (κ2) is 6.58. The third-order valence-corrected chi connectivity index (χ3v) is 3.84. The molecule has 4 N–H and O–H groups in total. The number of hydrogen-bond acceptors (Lipinski definition) is 4. The molecule has 1 heterocycles. The van der Waals surface area contributed by atoms with Crippen LogP contribution in [0.5, 0.6) is 5.75 Å². The number of aromatic hydroxyl groups is 1. The predicted octanol–water partition coefficient (Wildman–Crippen LogP) is 0.360. The summed E-state index contributed by atoms with van der Waals surface area (Å²) in [6, 6.07) is 5.33. The van der Waals surface area contributed by atoms with E-state index in [0.717, 1.165) is 12.1 Å². The van der Waals surface area contributed by atoms with E-state index in [1.807, 2.05) is 6.92 Å². The summed E-state index contributed by atoms with van der Waals surface area (Å²) >= 11 is 0. The van der Waals surface area contributed by atoms with Gasteiger partial charge in [-0.1, -0.05) is 19.1 Å². The number of rotatable bonds is 5. The SMILES string of the molecule is C[C@@H]1CNC[C@H]1C(=O)N[C@H](Cc1ccc(O)cc1)C(=O)O. The molecule has 0 aromatic heterocycles. The molecule has 1 aliphatic heterocycles. The average Bonchev–Trinajstić information content (AvgIpc) is 2.86. The first-order chi connectivity index (χ1) is 9.97. The van der Waals surface area contributed by atoms with Crippen LogP contribution >= 0.6 is 0 Å². The highest BCUT2D eigenvalue weighted by Gasteiger charge is 2.32. The normalized spacial score (nSPS) is 22.7. The molecule has 1 amide bonds. The summed E-state index contributed by atoms with van der Waals surface area (Å²) < 4.78 is 0. The van der Waals surface area contributed by atoms with Crippen LogP contribution < -0.4 is 10.6 Å². The zero-order valence-electron chi connectivity index (χ0n) is 11.9. The zero-order chi connectivity index (χ0) is 15.4. The molecule has 1 aromatic rings. The molecule has 1 aromatic carbocycles. The number of hydrogen-bond donors (Lipinski definition) is 4. The number of phenolic OH excluding ortho intramolecular Hbond substituents is 1. The van der Waals surface area contributed by atoms with Crippen LogP contribution in [-0.2, 0) is 16.0 Å². The van der Waals surface area contributed by atoms with Crippen molar-refractivity contribution in [2.75, 3.05) is 13.1 Å². The fourth-order valence-electron chi connectivity index (χ4n) is 2.51. The lowest BCUT2D eigenvalue weighted by molar-refractivity contribution is -0.142. The van der Waals surface area contributed by atoms with Crippen molar-refractivity contribution in [1.29, 1.82) is 0 Å². The Morgan fingerprint density at radius 2 is 2.00 bits per heavy atom. The van der Waals surface area contributed by atoms with Crippen LogP contribution in [0.2, 0.25) is 0 Å². The maximum absolute atomic E-state index is 12.2. The van der Waals surface area contributed by atoms with Crippen molar-refractivity contribution in [1.82, 2.24) is 10.6 Å². The first kappa shape index (κ1) is 15.3. The number of nitrogens with one attached hydrogen (secondary N) is 2. The van der Waals surface area contributed by atoms with Crippen LogP contribution in [0.3, 0.4) is 0 Å². The summed E-state index contributed by atoms with van der Waals surface area (Å²) in [5.41, 5.74) is 0.748. The number of carbonyl (C=O) groups excluding carboxylic acids is 1. The summed E-state index contributed by atoms with van der Waals surface area (Å²) in [6.07, 6.45) is 0.190. The standard InChI is InChI=1S/C15H20N2O4/c1-9-7-16-8-12(9)14(19)17-13(15(20)21)6-10-2-4-11(18)5-3-10/h2-5,9,12-13,16,18H,6-8H2,1H3,(H,17,19)(H,20,21)/t9-,12-,13-/m1/s1. The lowest BCUT2D eigenvalue weighted by Crippen LogP contribution is -2.46. The van der Waals surface area contributed by atoms with Gasteiger partial charge < -0.3 is 20.8 Å². The molecule has 0 bridgehead atoms. The lowest BCUT2D eigenvalue weighted by Gasteiger charge is -2.19. The van der Waals surface area contributed by atoms with E-state index in [2.05, 4.69) is 10.6 Å². The van der Waals surface area contributed by atoms with E-state index in [1.165, 1.54) is 12.1 Å². The minimum absolute atomic E-state index is 0.125. The Morgan fingerprint density at radius 1 is 1.33 bits per heavy atom. The molecular weight excluding hydrogens is 272 g/mol. The topological polar surface area (TPSA) is 98.7 Å². The Hall–Kier alpha value is -2.08. The van der Waals surface area contributed by atoms with Crippen molar-refractivity contribution in [2.24, 2.45) is 11.8 Å². The minimum atomic E-state index is -1.06. The van der Waals surface area contributed by atoms with Gasteiger partial charge >= 0.3 is 5.97 Å². The highest BCUT2D eigenvalue weighted by Crippen LogP contribution is 2.17. The number of carboxylic acid groups (broad SMARTS) is 1. The number of carboxylic acids is 1. The van der Waals surface area contributed by atoms with Gasteiger partial charge in [-0.2, -0.15) is 0 Å². The molecule has 0 saturated carbocycles. The van der Waals surface area contributed by atoms with E-state index in [0.29, 0.717) is 6.54 Å². The molecule has 0 unspecified atom stereocenters. The quantitative estimate of drug-likeness (QED) is 0.628. The van der Waals surface area contributed by atoms with Crippen molar-refractivity contribution in [2.45, 2.75) is 19.4 Å². The van der Waals surface area contributed by atoms with Gasteiger partial charge in [-0.15, -0.1) is 0 Å². The molecule has 0 radical (unpaired) electrons. The monoisotopic (exact) mass is 292 g/mol. The van der Waals surface area contributed by atoms with Gasteiger partial charge in [-0.3, -0.25) is 4.79 Å². The molecule has 0 aliphatic carbocycles. The predicted molar refractivity (Wildman–Crippen MR) is 76.9 cm³/mol. The van der Waals surface area contributed by atoms with Gasteiger partial charge in [-0.05, 0) is 30.2 Å². The molecule has 114 valence electrons. The summed E-state index contributed by atoms with van der Waals surface area (Å²) in [6.45, 7) is 3.33. The summed E-state index contributed by atoms with van der Waals surface area (Å²) in [5, 5.41) is 24.2. The van der Waals surface area contributed by atoms with Gasteiger partial charge in [0.25, 0.3) is 0 Å². The van der Waals surface area contributed by atoms with Crippen molar-refractivity contribution < 1.29 is 19.8 Å². The summed E-state index contributed by atoms with van der Waals surface area (Å²) in [5.74, 6) is -1.14. The van der Waals surface area contributed by atoms with E-state index >= 15 is 0 Å². The van der Waals surface area contributed by atoms with E-state index in [4.69, 9.17) is 0 Å². The van der Waals surface area contributed by atoms with E-state index < -0.39 is 12.0 Å². The molecule has 1 fully saturated rings. The van der Waals surface area contributed by atoms with E-state index in [1.54, 1.807) is 12.1 Å². The third kappa shape index (κ3) is 3.95. The Morgan fingerprint density at radius 3 is 2.52 bits per heavy atom. The first-order valence-electron chi connectivity index (χ1n) is 6.99. The number of carbonyl (C=O) groups is 2. The number of benzene rings is 1. The summed E-state index contributed by atoms with van der Waals surface area (Å²) in [7, 11) is 0. The Bertz CT molecular complexity index is 515. The second-order valence-electron chi connectivity index (χ2n) is 5.51. The van der Waals surface area contributed by atoms with Crippen LogP contribution in [0, 0.1) is 11.8 Å². The molecule has 1 saturated heterocycles. The third-order valence-electron chi connectivity index (χ3n) is 3.84. The Labute approximate surface area is 123 Å². The van der Waals surface area contributed by atoms with E-state index in [-0.39, 0.29) is 29.9 Å². The van der Waals surface area contributed by atoms with Crippen LogP contribution in [0.25, 0.3) is 0 Å². The number of aliphatic carboxylic acids is 1. The summed E-state index contributed by atoms with van der Waals surface area (Å²) in [4.78, 5) is 23.5. The van der Waals surface area contributed by atoms with E-state index in [9.17, 15) is 19.8 Å². The van der Waals surface area contributed by atoms with Crippen molar-refractivity contribution in [3.05, 3.63) is 29.8 Å². The smallest absolute Gasteiger partial charge is 0.326 e. The molecule has 3 atom stereocenters. The van der Waals surface area contributed by atoms with Gasteiger partial charge in [0.05, 0.1) is 5.92 Å². The van der Waals surface area contributed by atoms with Gasteiger partial charge in [-0.25, -0.2) is 4.79 Å². The molecule has 1 aliphatic rings. The van der Waals surface area contributed by atoms with Gasteiger partial charge in [0.1, 0.15) is 11.8 Å². The van der Waals surface area contributed by atoms with Gasteiger partial charge in [0.2, 0.25) is 5.91 Å². The molecule has 0 spiro atoms. The Kier molecular flexibility index (Phi) is 4.80. The average molecular weight is 292 g/mol. The zero-order valence-corrected chi connectivity index (χ0v) is 11.9. The maximum Gasteiger partial charge on any atom is 0.326 e. The van der Waals surface area contributed by atoms with Gasteiger partial charge in [0.15, 0.2) is 0 Å². The Balaban J connectivity index is 2.00. The minimum Gasteiger partial charge on any atom is -0.508 e. The molecule has 2 rings (SSSR count). The largest absolute Gasteiger partial charge is 0.508 e. The maximum atomic E-state index is 12.2. The second-order valence-corrected chi connectivity index (χ2v) is 5.51. The van der Waals surface area contributed by atoms with Crippen LogP contribution in [0.1, 0.15) is 12.5 Å². The highest BCUT2D eigenvalue weighted by atomic mass is 16.4. The van der Waals surface area contributed by atoms with Gasteiger partial charge in [0, 0.05) is 13.0 Å². The highest BCUT2D eigenvalue weighted by molar-refractivity contribution is 5.85. The van der Waals surface area contributed by atoms with Crippen LogP contribution in [0.15, 0.2) is 24.3 Å². The lowest BCUT2D eigenvalue weighted by atomic mass is 9.96. The number of amides is 1. The fourth-order valence-corrected chi connectivity index (χ4v) is 2.51. The van der Waals surface area contributed by atoms with Crippen LogP contribution in [0.4, 0.5) is 0 Å². The van der Waals surface area contributed by atoms with Crippen molar-refractivity contribution in [3.63, 3.8) is 0 Å². The van der Waals surface area contributed by atoms with Crippen molar-refractivity contribution in [3.8, 4) is 5.75 Å². The molecule has 6 nitrogen and oxygen atoms in total.